The summed E-state index contributed by atoms with van der Waals surface area (Å²) in [6.07, 6.45) is 72.0. The van der Waals surface area contributed by atoms with Crippen molar-refractivity contribution in [2.75, 3.05) is 13.2 Å². The Balaban J connectivity index is 4.21. The van der Waals surface area contributed by atoms with Crippen LogP contribution < -0.4 is 0 Å². The van der Waals surface area contributed by atoms with Crippen LogP contribution in [-0.2, 0) is 28.6 Å². The molecule has 6 nitrogen and oxygen atoms in total. The summed E-state index contributed by atoms with van der Waals surface area (Å²) in [5, 5.41) is 0. The zero-order valence-electron chi connectivity index (χ0n) is 44.9. The lowest BCUT2D eigenvalue weighted by molar-refractivity contribution is -0.167. The standard InChI is InChI=1S/C62H108O6/c1-4-7-10-13-16-19-21-23-25-27-28-29-30-31-32-33-34-36-37-39-41-43-46-49-52-55-61(64)67-58-59(57-66-60(63)54-51-48-45-18-15-12-9-6-3)68-62(65)56-53-50-47-44-42-40-38-35-26-24-22-20-17-14-11-8-5-2/h8,11,17,20-21,23-24,26-28,38,40,59H,4-7,9-10,12-16,18-19,22,25,29-37,39,41-58H2,1-3H3/b11-8-,20-17-,23-21-,26-24-,28-27-,40-38-. The highest BCUT2D eigenvalue weighted by atomic mass is 16.6. The van der Waals surface area contributed by atoms with Gasteiger partial charge in [0.25, 0.3) is 0 Å². The third-order valence-electron chi connectivity index (χ3n) is 12.4. The number of rotatable bonds is 52. The average Bonchev–Trinajstić information content (AvgIpc) is 3.34. The van der Waals surface area contributed by atoms with Crippen LogP contribution in [0.25, 0.3) is 0 Å². The highest BCUT2D eigenvalue weighted by Gasteiger charge is 2.19. The minimum atomic E-state index is -0.786. The molecule has 0 heterocycles. The number of unbranched alkanes of at least 4 members (excludes halogenated alkanes) is 29. The second kappa shape index (κ2) is 56.4. The Kier molecular flexibility index (Phi) is 53.8. The highest BCUT2D eigenvalue weighted by molar-refractivity contribution is 5.71. The maximum absolute atomic E-state index is 12.8. The molecule has 0 N–H and O–H groups in total. The van der Waals surface area contributed by atoms with Gasteiger partial charge in [-0.2, -0.15) is 0 Å². The van der Waals surface area contributed by atoms with Crippen LogP contribution in [0.4, 0.5) is 0 Å². The zero-order chi connectivity index (χ0) is 49.3. The second-order valence-electron chi connectivity index (χ2n) is 19.2. The van der Waals surface area contributed by atoms with Crippen molar-refractivity contribution >= 4 is 17.9 Å². The van der Waals surface area contributed by atoms with E-state index >= 15 is 0 Å². The Morgan fingerprint density at radius 2 is 0.574 bits per heavy atom. The van der Waals surface area contributed by atoms with Crippen molar-refractivity contribution in [2.24, 2.45) is 0 Å². The normalized spacial score (nSPS) is 12.6. The van der Waals surface area contributed by atoms with E-state index in [0.29, 0.717) is 19.3 Å². The summed E-state index contributed by atoms with van der Waals surface area (Å²) in [5.74, 6) is -0.906. The average molecular weight is 950 g/mol. The molecule has 0 aromatic carbocycles. The fourth-order valence-corrected chi connectivity index (χ4v) is 8.11. The van der Waals surface area contributed by atoms with Crippen LogP contribution >= 0.6 is 0 Å². The molecule has 68 heavy (non-hydrogen) atoms. The smallest absolute Gasteiger partial charge is 0.306 e. The predicted molar refractivity (Wildman–Crippen MR) is 293 cm³/mol. The molecular formula is C62H108O6. The van der Waals surface area contributed by atoms with Gasteiger partial charge < -0.3 is 14.2 Å². The Hall–Kier alpha value is -3.15. The largest absolute Gasteiger partial charge is 0.462 e. The van der Waals surface area contributed by atoms with Crippen molar-refractivity contribution < 1.29 is 28.6 Å². The van der Waals surface area contributed by atoms with E-state index in [2.05, 4.69) is 93.7 Å². The number of hydrogen-bond acceptors (Lipinski definition) is 6. The van der Waals surface area contributed by atoms with E-state index in [0.717, 1.165) is 103 Å². The molecule has 0 rings (SSSR count). The van der Waals surface area contributed by atoms with Gasteiger partial charge in [-0.05, 0) is 89.9 Å². The van der Waals surface area contributed by atoms with Crippen molar-refractivity contribution in [3.05, 3.63) is 72.9 Å². The molecule has 0 fully saturated rings. The quantitative estimate of drug-likeness (QED) is 0.0262. The van der Waals surface area contributed by atoms with Gasteiger partial charge >= 0.3 is 17.9 Å². The minimum Gasteiger partial charge on any atom is -0.462 e. The number of ether oxygens (including phenoxy) is 3. The SMILES string of the molecule is CC/C=C\C/C=C\C/C=C\C/C=C\CCCCCCC(=O)OC(COC(=O)CCCCCCCCCC)COC(=O)CCCCCCCCCCCCCCC/C=C\C/C=C\CCCCCCC. The molecule has 0 aromatic heterocycles. The van der Waals surface area contributed by atoms with Crippen LogP contribution in [0.5, 0.6) is 0 Å². The topological polar surface area (TPSA) is 78.9 Å². The van der Waals surface area contributed by atoms with Crippen LogP contribution in [0.1, 0.15) is 284 Å². The Morgan fingerprint density at radius 1 is 0.309 bits per heavy atom. The molecule has 0 saturated heterocycles. The van der Waals surface area contributed by atoms with E-state index in [9.17, 15) is 14.4 Å². The summed E-state index contributed by atoms with van der Waals surface area (Å²) in [7, 11) is 0. The molecule has 0 radical (unpaired) electrons. The fraction of sp³-hybridized carbons (Fsp3) is 0.758. The van der Waals surface area contributed by atoms with Crippen molar-refractivity contribution in [3.8, 4) is 0 Å². The monoisotopic (exact) mass is 949 g/mol. The number of esters is 3. The van der Waals surface area contributed by atoms with E-state index in [1.807, 2.05) is 0 Å². The Labute approximate surface area is 421 Å². The van der Waals surface area contributed by atoms with Gasteiger partial charge in [0, 0.05) is 19.3 Å². The third kappa shape index (κ3) is 53.8. The zero-order valence-corrected chi connectivity index (χ0v) is 44.9. The first-order valence-corrected chi connectivity index (χ1v) is 28.9. The first-order chi connectivity index (χ1) is 33.5. The molecule has 0 bridgehead atoms. The molecule has 1 atom stereocenters. The van der Waals surface area contributed by atoms with Gasteiger partial charge in [0.05, 0.1) is 0 Å². The lowest BCUT2D eigenvalue weighted by atomic mass is 10.0. The summed E-state index contributed by atoms with van der Waals surface area (Å²) in [6.45, 7) is 6.48. The molecule has 0 aromatic rings. The van der Waals surface area contributed by atoms with E-state index in [4.69, 9.17) is 14.2 Å². The van der Waals surface area contributed by atoms with E-state index in [1.54, 1.807) is 0 Å². The number of carbonyl (C=O) groups is 3. The van der Waals surface area contributed by atoms with E-state index in [-0.39, 0.29) is 31.1 Å². The van der Waals surface area contributed by atoms with Crippen molar-refractivity contribution in [1.29, 1.82) is 0 Å². The minimum absolute atomic E-state index is 0.0839. The number of hydrogen-bond donors (Lipinski definition) is 0. The summed E-state index contributed by atoms with van der Waals surface area (Å²) in [4.78, 5) is 38.0. The maximum atomic E-state index is 12.8. The molecule has 392 valence electrons. The molecular weight excluding hydrogens is 841 g/mol. The van der Waals surface area contributed by atoms with Gasteiger partial charge in [-0.3, -0.25) is 14.4 Å². The van der Waals surface area contributed by atoms with E-state index in [1.165, 1.54) is 141 Å². The van der Waals surface area contributed by atoms with Gasteiger partial charge in [0.15, 0.2) is 6.10 Å². The van der Waals surface area contributed by atoms with Gasteiger partial charge in [-0.15, -0.1) is 0 Å². The molecule has 1 unspecified atom stereocenters. The van der Waals surface area contributed by atoms with Crippen LogP contribution in [-0.4, -0.2) is 37.2 Å². The van der Waals surface area contributed by atoms with Gasteiger partial charge in [-0.1, -0.05) is 248 Å². The van der Waals surface area contributed by atoms with Crippen LogP contribution in [0.2, 0.25) is 0 Å². The first-order valence-electron chi connectivity index (χ1n) is 28.9. The van der Waals surface area contributed by atoms with Gasteiger partial charge in [-0.25, -0.2) is 0 Å². The molecule has 0 amide bonds. The molecule has 0 spiro atoms. The van der Waals surface area contributed by atoms with Crippen molar-refractivity contribution in [2.45, 2.75) is 290 Å². The number of carbonyl (C=O) groups excluding carboxylic acids is 3. The fourth-order valence-electron chi connectivity index (χ4n) is 8.11. The lowest BCUT2D eigenvalue weighted by Gasteiger charge is -2.18. The molecule has 0 aliphatic heterocycles. The Morgan fingerprint density at radius 3 is 0.897 bits per heavy atom. The second-order valence-corrected chi connectivity index (χ2v) is 19.2. The van der Waals surface area contributed by atoms with E-state index < -0.39 is 6.10 Å². The molecule has 0 saturated carbocycles. The lowest BCUT2D eigenvalue weighted by Crippen LogP contribution is -2.30. The van der Waals surface area contributed by atoms with Gasteiger partial charge in [0.1, 0.15) is 13.2 Å². The highest BCUT2D eigenvalue weighted by Crippen LogP contribution is 2.16. The summed E-state index contributed by atoms with van der Waals surface area (Å²) in [6, 6.07) is 0. The summed E-state index contributed by atoms with van der Waals surface area (Å²) >= 11 is 0. The third-order valence-corrected chi connectivity index (χ3v) is 12.4. The first kappa shape index (κ1) is 64.8. The summed E-state index contributed by atoms with van der Waals surface area (Å²) < 4.78 is 16.8. The summed E-state index contributed by atoms with van der Waals surface area (Å²) in [5.41, 5.74) is 0. The van der Waals surface area contributed by atoms with Crippen LogP contribution in [0.3, 0.4) is 0 Å². The van der Waals surface area contributed by atoms with Crippen molar-refractivity contribution in [1.82, 2.24) is 0 Å². The van der Waals surface area contributed by atoms with Crippen LogP contribution in [0, 0.1) is 0 Å². The molecule has 0 aliphatic carbocycles. The van der Waals surface area contributed by atoms with Crippen molar-refractivity contribution in [3.63, 3.8) is 0 Å². The predicted octanol–water partition coefficient (Wildman–Crippen LogP) is 19.4. The molecule has 0 aliphatic rings. The van der Waals surface area contributed by atoms with Gasteiger partial charge in [0.2, 0.25) is 0 Å². The molecule has 6 heteroatoms. The Bertz CT molecular complexity index is 1270. The van der Waals surface area contributed by atoms with Crippen LogP contribution in [0.15, 0.2) is 72.9 Å². The number of allylic oxidation sites excluding steroid dienone is 12. The maximum Gasteiger partial charge on any atom is 0.306 e.